The highest BCUT2D eigenvalue weighted by molar-refractivity contribution is 5.52. The lowest BCUT2D eigenvalue weighted by atomic mass is 9.97. The zero-order valence-corrected chi connectivity index (χ0v) is 32.6. The van der Waals surface area contributed by atoms with Gasteiger partial charge >= 0.3 is 0 Å². The van der Waals surface area contributed by atoms with Gasteiger partial charge in [-0.15, -0.1) is 0 Å². The number of hydrogen-bond acceptors (Lipinski definition) is 10. The molecule has 0 radical (unpaired) electrons. The Bertz CT molecular complexity index is 1500. The monoisotopic (exact) mass is 730 g/mol. The zero-order chi connectivity index (χ0) is 38.3. The van der Waals surface area contributed by atoms with Gasteiger partial charge in [-0.3, -0.25) is 9.80 Å². The first-order valence-corrected chi connectivity index (χ1v) is 18.2. The standard InChI is InChI=1S/C43H58N2O8/c1-30(44(38(28-46)32-18-11-9-12-19-32)26-36-40(50-5)22-34(48-3)23-41(36)51-6)16-15-17-31(2)45(39(29-47)33-20-13-10-14-21-33)27-37-42(52-7)24-35(49-4)25-43(37)53-8/h9-14,18-25,30-31,38-39,46-47H,15-17,26-29H2,1-8H3/t30-,31-,38-,39-/m0/s1. The minimum Gasteiger partial charge on any atom is -0.496 e. The van der Waals surface area contributed by atoms with Crippen LogP contribution in [0, 0.1) is 0 Å². The van der Waals surface area contributed by atoms with Gasteiger partial charge in [0.05, 0.1) is 79.1 Å². The van der Waals surface area contributed by atoms with Crippen molar-refractivity contribution in [2.75, 3.05) is 55.9 Å². The zero-order valence-electron chi connectivity index (χ0n) is 32.6. The summed E-state index contributed by atoms with van der Waals surface area (Å²) in [5.41, 5.74) is 3.83. The molecule has 4 aromatic carbocycles. The molecule has 0 aliphatic carbocycles. The van der Waals surface area contributed by atoms with Crippen LogP contribution in [0.1, 0.15) is 67.4 Å². The molecule has 0 saturated heterocycles. The highest BCUT2D eigenvalue weighted by Gasteiger charge is 2.30. The van der Waals surface area contributed by atoms with Crippen molar-refractivity contribution >= 4 is 0 Å². The molecule has 10 heteroatoms. The van der Waals surface area contributed by atoms with Crippen LogP contribution in [-0.4, -0.2) is 88.0 Å². The molecule has 0 saturated carbocycles. The Balaban J connectivity index is 1.64. The Morgan fingerprint density at radius 2 is 0.811 bits per heavy atom. The van der Waals surface area contributed by atoms with Gasteiger partial charge in [-0.1, -0.05) is 67.1 Å². The Labute approximate surface area is 315 Å². The van der Waals surface area contributed by atoms with E-state index in [2.05, 4.69) is 47.9 Å². The number of aliphatic hydroxyl groups excluding tert-OH is 2. The number of nitrogens with zero attached hydrogens (tertiary/aromatic N) is 2. The molecule has 4 atom stereocenters. The first kappa shape index (κ1) is 41.3. The van der Waals surface area contributed by atoms with E-state index in [4.69, 9.17) is 28.4 Å². The Kier molecular flexibility index (Phi) is 16.1. The molecule has 0 aliphatic heterocycles. The van der Waals surface area contributed by atoms with Crippen LogP contribution in [0.2, 0.25) is 0 Å². The maximum Gasteiger partial charge on any atom is 0.130 e. The minimum absolute atomic E-state index is 0.0555. The molecule has 2 N–H and O–H groups in total. The van der Waals surface area contributed by atoms with E-state index in [1.807, 2.05) is 60.7 Å². The van der Waals surface area contributed by atoms with Crippen molar-refractivity contribution in [1.29, 1.82) is 0 Å². The molecule has 0 spiro atoms. The summed E-state index contributed by atoms with van der Waals surface area (Å²) >= 11 is 0. The molecular weight excluding hydrogens is 672 g/mol. The van der Waals surface area contributed by atoms with Crippen molar-refractivity contribution in [2.45, 2.75) is 70.4 Å². The Morgan fingerprint density at radius 1 is 0.491 bits per heavy atom. The van der Waals surface area contributed by atoms with Crippen molar-refractivity contribution < 1.29 is 38.6 Å². The summed E-state index contributed by atoms with van der Waals surface area (Å²) < 4.78 is 34.4. The average molecular weight is 731 g/mol. The van der Waals surface area contributed by atoms with Gasteiger partial charge in [0.15, 0.2) is 0 Å². The Morgan fingerprint density at radius 3 is 1.08 bits per heavy atom. The van der Waals surface area contributed by atoms with Crippen LogP contribution >= 0.6 is 0 Å². The lowest BCUT2D eigenvalue weighted by Gasteiger charge is -2.38. The largest absolute Gasteiger partial charge is 0.496 e. The third-order valence-corrected chi connectivity index (χ3v) is 10.2. The first-order valence-electron chi connectivity index (χ1n) is 18.2. The average Bonchev–Trinajstić information content (AvgIpc) is 3.20. The number of methoxy groups -OCH3 is 6. The Hall–Kier alpha value is -4.48. The van der Waals surface area contributed by atoms with Crippen molar-refractivity contribution in [2.24, 2.45) is 0 Å². The van der Waals surface area contributed by atoms with Crippen LogP contribution < -0.4 is 28.4 Å². The summed E-state index contributed by atoms with van der Waals surface area (Å²) in [5.74, 6) is 3.92. The summed E-state index contributed by atoms with van der Waals surface area (Å²) in [6, 6.07) is 27.3. The van der Waals surface area contributed by atoms with Gasteiger partial charge < -0.3 is 38.6 Å². The quantitative estimate of drug-likeness (QED) is 0.0848. The summed E-state index contributed by atoms with van der Waals surface area (Å²) in [7, 11) is 9.82. The van der Waals surface area contributed by atoms with Crippen LogP contribution in [0.5, 0.6) is 34.5 Å². The van der Waals surface area contributed by atoms with E-state index >= 15 is 0 Å². The van der Waals surface area contributed by atoms with Gasteiger partial charge in [-0.2, -0.15) is 0 Å². The smallest absolute Gasteiger partial charge is 0.130 e. The second-order valence-electron chi connectivity index (χ2n) is 13.2. The minimum atomic E-state index is -0.261. The van der Waals surface area contributed by atoms with Crippen molar-refractivity contribution in [3.63, 3.8) is 0 Å². The lowest BCUT2D eigenvalue weighted by Crippen LogP contribution is -2.39. The van der Waals surface area contributed by atoms with Crippen LogP contribution in [0.25, 0.3) is 0 Å². The highest BCUT2D eigenvalue weighted by Crippen LogP contribution is 2.40. The summed E-state index contributed by atoms with van der Waals surface area (Å²) in [4.78, 5) is 4.66. The van der Waals surface area contributed by atoms with E-state index in [0.29, 0.717) is 47.6 Å². The van der Waals surface area contributed by atoms with E-state index in [1.54, 1.807) is 42.7 Å². The number of benzene rings is 4. The summed E-state index contributed by atoms with van der Waals surface area (Å²) in [6.07, 6.45) is 2.60. The predicted molar refractivity (Wildman–Crippen MR) is 209 cm³/mol. The van der Waals surface area contributed by atoms with E-state index in [1.165, 1.54) is 0 Å². The van der Waals surface area contributed by atoms with Gasteiger partial charge in [-0.05, 0) is 37.8 Å². The van der Waals surface area contributed by atoms with E-state index < -0.39 is 0 Å². The van der Waals surface area contributed by atoms with Crippen molar-refractivity contribution in [3.05, 3.63) is 107 Å². The van der Waals surface area contributed by atoms with Gasteiger partial charge in [-0.25, -0.2) is 0 Å². The fourth-order valence-electron chi connectivity index (χ4n) is 7.17. The molecule has 0 aliphatic rings. The molecular formula is C43H58N2O8. The molecule has 288 valence electrons. The highest BCUT2D eigenvalue weighted by atomic mass is 16.5. The molecule has 0 unspecified atom stereocenters. The molecule has 4 aromatic rings. The van der Waals surface area contributed by atoms with Crippen molar-refractivity contribution in [3.8, 4) is 34.5 Å². The second kappa shape index (κ2) is 20.7. The SMILES string of the molecule is COc1cc(OC)c(CN([C@@H](C)CCC[C@H](C)N(Cc2c(OC)cc(OC)cc2OC)[C@@H](CO)c2ccccc2)[C@@H](CO)c2ccccc2)c(OC)c1. The van der Waals surface area contributed by atoms with Gasteiger partial charge in [0.1, 0.15) is 34.5 Å². The van der Waals surface area contributed by atoms with Gasteiger partial charge in [0.25, 0.3) is 0 Å². The third-order valence-electron chi connectivity index (χ3n) is 10.2. The van der Waals surface area contributed by atoms with Crippen LogP contribution in [0.15, 0.2) is 84.9 Å². The fourth-order valence-corrected chi connectivity index (χ4v) is 7.17. The lowest BCUT2D eigenvalue weighted by molar-refractivity contribution is 0.0639. The molecule has 0 amide bonds. The van der Waals surface area contributed by atoms with Crippen molar-refractivity contribution in [1.82, 2.24) is 9.80 Å². The van der Waals surface area contributed by atoms with Crippen LogP contribution in [0.4, 0.5) is 0 Å². The van der Waals surface area contributed by atoms with E-state index in [0.717, 1.165) is 41.5 Å². The number of rotatable bonds is 22. The summed E-state index contributed by atoms with van der Waals surface area (Å²) in [5, 5.41) is 21.7. The molecule has 0 fully saturated rings. The fraction of sp³-hybridized carbons (Fsp3) is 0.442. The maximum atomic E-state index is 10.9. The molecule has 53 heavy (non-hydrogen) atoms. The second-order valence-corrected chi connectivity index (χ2v) is 13.2. The molecule has 4 rings (SSSR count). The van der Waals surface area contributed by atoms with E-state index in [9.17, 15) is 10.2 Å². The van der Waals surface area contributed by atoms with Gasteiger partial charge in [0.2, 0.25) is 0 Å². The molecule has 0 aromatic heterocycles. The maximum absolute atomic E-state index is 10.9. The summed E-state index contributed by atoms with van der Waals surface area (Å²) in [6.45, 7) is 5.28. The predicted octanol–water partition coefficient (Wildman–Crippen LogP) is 7.46. The number of hydrogen-bond donors (Lipinski definition) is 2. The number of ether oxygens (including phenoxy) is 6. The van der Waals surface area contributed by atoms with Crippen LogP contribution in [-0.2, 0) is 13.1 Å². The third kappa shape index (κ3) is 10.4. The first-order chi connectivity index (χ1) is 25.8. The number of aliphatic hydroxyl groups is 2. The topological polar surface area (TPSA) is 102 Å². The van der Waals surface area contributed by atoms with Crippen LogP contribution in [0.3, 0.4) is 0 Å². The normalized spacial score (nSPS) is 13.7. The molecule has 10 nitrogen and oxygen atoms in total. The van der Waals surface area contributed by atoms with E-state index in [-0.39, 0.29) is 37.4 Å². The molecule has 0 heterocycles. The van der Waals surface area contributed by atoms with Gasteiger partial charge in [0, 0.05) is 49.4 Å². The molecule has 0 bridgehead atoms.